The summed E-state index contributed by atoms with van der Waals surface area (Å²) in [5.41, 5.74) is 0. The fourth-order valence-corrected chi connectivity index (χ4v) is 1.46. The van der Waals surface area contributed by atoms with Crippen molar-refractivity contribution in [2.75, 3.05) is 33.3 Å². The molecule has 17 heavy (non-hydrogen) atoms. The van der Waals surface area contributed by atoms with Gasteiger partial charge in [-0.1, -0.05) is 0 Å². The van der Waals surface area contributed by atoms with Gasteiger partial charge in [0, 0.05) is 39.7 Å². The molecule has 0 atom stereocenters. The maximum atomic E-state index is 11.9. The molecule has 0 rings (SSSR count). The number of carboxylic acids is 1. The Labute approximate surface area is 102 Å². The Morgan fingerprint density at radius 3 is 2.29 bits per heavy atom. The van der Waals surface area contributed by atoms with Gasteiger partial charge in [0.05, 0.1) is 0 Å². The van der Waals surface area contributed by atoms with Crippen LogP contribution in [0.4, 0.5) is 4.79 Å². The summed E-state index contributed by atoms with van der Waals surface area (Å²) in [6.07, 6.45) is 1.08. The lowest BCUT2D eigenvalue weighted by molar-refractivity contribution is -0.137. The SMILES string of the molecule is CCN(CCCO)C(=O)N(C)CCCC(=O)O. The predicted octanol–water partition coefficient (Wildman–Crippen LogP) is 0.607. The van der Waals surface area contributed by atoms with Gasteiger partial charge in [0.15, 0.2) is 0 Å². The van der Waals surface area contributed by atoms with Gasteiger partial charge in [-0.25, -0.2) is 4.79 Å². The first-order chi connectivity index (χ1) is 8.02. The third-order valence-electron chi connectivity index (χ3n) is 2.45. The molecule has 2 amide bonds. The molecule has 0 aromatic heterocycles. The Hall–Kier alpha value is -1.30. The lowest BCUT2D eigenvalue weighted by Gasteiger charge is -2.27. The van der Waals surface area contributed by atoms with Gasteiger partial charge in [-0.15, -0.1) is 0 Å². The first kappa shape index (κ1) is 15.7. The van der Waals surface area contributed by atoms with Crippen molar-refractivity contribution in [1.29, 1.82) is 0 Å². The van der Waals surface area contributed by atoms with Crippen molar-refractivity contribution in [3.8, 4) is 0 Å². The van der Waals surface area contributed by atoms with E-state index >= 15 is 0 Å². The molecular weight excluding hydrogens is 224 g/mol. The molecule has 6 heteroatoms. The maximum absolute atomic E-state index is 11.9. The highest BCUT2D eigenvalue weighted by molar-refractivity contribution is 5.74. The smallest absolute Gasteiger partial charge is 0.319 e. The second kappa shape index (κ2) is 8.81. The summed E-state index contributed by atoms with van der Waals surface area (Å²) in [5, 5.41) is 17.2. The quantitative estimate of drug-likeness (QED) is 0.657. The molecule has 0 aromatic carbocycles. The molecule has 0 fully saturated rings. The van der Waals surface area contributed by atoms with Gasteiger partial charge >= 0.3 is 12.0 Å². The zero-order chi connectivity index (χ0) is 13.3. The Morgan fingerprint density at radius 1 is 1.18 bits per heavy atom. The molecule has 0 heterocycles. The van der Waals surface area contributed by atoms with Crippen LogP contribution in [0.1, 0.15) is 26.2 Å². The lowest BCUT2D eigenvalue weighted by atomic mass is 10.3. The van der Waals surface area contributed by atoms with Gasteiger partial charge in [0.25, 0.3) is 0 Å². The molecule has 2 N–H and O–H groups in total. The minimum atomic E-state index is -0.849. The molecular formula is C11H22N2O4. The molecule has 0 unspecified atom stereocenters. The van der Waals surface area contributed by atoms with E-state index in [9.17, 15) is 9.59 Å². The van der Waals surface area contributed by atoms with Gasteiger partial charge in [0.1, 0.15) is 0 Å². The number of aliphatic hydroxyl groups excluding tert-OH is 1. The Kier molecular flexibility index (Phi) is 8.13. The fraction of sp³-hybridized carbons (Fsp3) is 0.818. The number of hydrogen-bond acceptors (Lipinski definition) is 3. The monoisotopic (exact) mass is 246 g/mol. The van der Waals surface area contributed by atoms with E-state index in [4.69, 9.17) is 10.2 Å². The number of carboxylic acid groups (broad SMARTS) is 1. The van der Waals surface area contributed by atoms with Crippen molar-refractivity contribution >= 4 is 12.0 Å². The summed E-state index contributed by atoms with van der Waals surface area (Å²) in [6.45, 7) is 3.48. The summed E-state index contributed by atoms with van der Waals surface area (Å²) >= 11 is 0. The summed E-state index contributed by atoms with van der Waals surface area (Å²) < 4.78 is 0. The van der Waals surface area contributed by atoms with Crippen LogP contribution >= 0.6 is 0 Å². The molecule has 0 saturated heterocycles. The molecule has 6 nitrogen and oxygen atoms in total. The Balaban J connectivity index is 4.02. The van der Waals surface area contributed by atoms with E-state index in [0.717, 1.165) is 0 Å². The standard InChI is InChI=1S/C11H22N2O4/c1-3-13(8-5-9-14)11(17)12(2)7-4-6-10(15)16/h14H,3-9H2,1-2H3,(H,15,16). The second-order valence-corrected chi connectivity index (χ2v) is 3.86. The largest absolute Gasteiger partial charge is 0.481 e. The third kappa shape index (κ3) is 6.78. The first-order valence-corrected chi connectivity index (χ1v) is 5.85. The molecule has 0 bridgehead atoms. The first-order valence-electron chi connectivity index (χ1n) is 5.85. The van der Waals surface area contributed by atoms with Crippen LogP contribution in [-0.2, 0) is 4.79 Å². The number of rotatable bonds is 8. The van der Waals surface area contributed by atoms with Crippen LogP contribution in [0.25, 0.3) is 0 Å². The van der Waals surface area contributed by atoms with Crippen LogP contribution in [0, 0.1) is 0 Å². The number of nitrogens with zero attached hydrogens (tertiary/aromatic N) is 2. The van der Waals surface area contributed by atoms with Crippen LogP contribution in [-0.4, -0.2) is 65.3 Å². The van der Waals surface area contributed by atoms with Gasteiger partial charge in [0.2, 0.25) is 0 Å². The van der Waals surface area contributed by atoms with E-state index in [2.05, 4.69) is 0 Å². The summed E-state index contributed by atoms with van der Waals surface area (Å²) in [5.74, 6) is -0.849. The number of urea groups is 1. The number of aliphatic hydroxyl groups is 1. The predicted molar refractivity (Wildman–Crippen MR) is 63.8 cm³/mol. The zero-order valence-corrected chi connectivity index (χ0v) is 10.6. The van der Waals surface area contributed by atoms with E-state index in [1.807, 2.05) is 6.92 Å². The van der Waals surface area contributed by atoms with E-state index in [0.29, 0.717) is 32.5 Å². The number of hydrogen-bond donors (Lipinski definition) is 2. The highest BCUT2D eigenvalue weighted by Crippen LogP contribution is 2.01. The molecule has 0 aliphatic rings. The molecule has 0 spiro atoms. The van der Waals surface area contributed by atoms with Crippen LogP contribution in [0.5, 0.6) is 0 Å². The van der Waals surface area contributed by atoms with Crippen LogP contribution in [0.2, 0.25) is 0 Å². The number of amides is 2. The summed E-state index contributed by atoms with van der Waals surface area (Å²) in [4.78, 5) is 25.4. The van der Waals surface area contributed by atoms with E-state index in [1.165, 1.54) is 4.90 Å². The number of carbonyl (C=O) groups excluding carboxylic acids is 1. The normalized spacial score (nSPS) is 10.1. The third-order valence-corrected chi connectivity index (χ3v) is 2.45. The summed E-state index contributed by atoms with van der Waals surface area (Å²) in [7, 11) is 1.66. The molecule has 0 radical (unpaired) electrons. The van der Waals surface area contributed by atoms with Gasteiger partial charge < -0.3 is 20.0 Å². The van der Waals surface area contributed by atoms with Crippen molar-refractivity contribution < 1.29 is 19.8 Å². The number of aliphatic carboxylic acids is 1. The van der Waals surface area contributed by atoms with Crippen molar-refractivity contribution in [3.63, 3.8) is 0 Å². The van der Waals surface area contributed by atoms with E-state index in [-0.39, 0.29) is 19.1 Å². The minimum Gasteiger partial charge on any atom is -0.481 e. The highest BCUT2D eigenvalue weighted by atomic mass is 16.4. The van der Waals surface area contributed by atoms with Crippen molar-refractivity contribution in [2.24, 2.45) is 0 Å². The van der Waals surface area contributed by atoms with Gasteiger partial charge in [-0.05, 0) is 19.8 Å². The molecule has 0 aliphatic carbocycles. The van der Waals surface area contributed by atoms with E-state index < -0.39 is 5.97 Å². The van der Waals surface area contributed by atoms with Gasteiger partial charge in [-0.3, -0.25) is 4.79 Å². The number of carbonyl (C=O) groups is 2. The van der Waals surface area contributed by atoms with Crippen molar-refractivity contribution in [2.45, 2.75) is 26.2 Å². The van der Waals surface area contributed by atoms with Gasteiger partial charge in [-0.2, -0.15) is 0 Å². The molecule has 0 aromatic rings. The highest BCUT2D eigenvalue weighted by Gasteiger charge is 2.15. The summed E-state index contributed by atoms with van der Waals surface area (Å²) in [6, 6.07) is -0.119. The lowest BCUT2D eigenvalue weighted by Crippen LogP contribution is -2.42. The molecule has 0 saturated carbocycles. The minimum absolute atomic E-state index is 0.0620. The van der Waals surface area contributed by atoms with Crippen LogP contribution < -0.4 is 0 Å². The average Bonchev–Trinajstić information content (AvgIpc) is 2.29. The average molecular weight is 246 g/mol. The zero-order valence-electron chi connectivity index (χ0n) is 10.6. The topological polar surface area (TPSA) is 81.1 Å². The van der Waals surface area contributed by atoms with Crippen LogP contribution in [0.3, 0.4) is 0 Å². The fourth-order valence-electron chi connectivity index (χ4n) is 1.46. The maximum Gasteiger partial charge on any atom is 0.319 e. The molecule has 100 valence electrons. The second-order valence-electron chi connectivity index (χ2n) is 3.86. The van der Waals surface area contributed by atoms with E-state index in [1.54, 1.807) is 11.9 Å². The Bertz CT molecular complexity index is 246. The van der Waals surface area contributed by atoms with Crippen molar-refractivity contribution in [1.82, 2.24) is 9.80 Å². The van der Waals surface area contributed by atoms with Crippen LogP contribution in [0.15, 0.2) is 0 Å². The van der Waals surface area contributed by atoms with Crippen molar-refractivity contribution in [3.05, 3.63) is 0 Å². The molecule has 0 aliphatic heterocycles. The Morgan fingerprint density at radius 2 is 1.82 bits per heavy atom.